The van der Waals surface area contributed by atoms with Crippen LogP contribution in [0.25, 0.3) is 0 Å². The number of urea groups is 1. The summed E-state index contributed by atoms with van der Waals surface area (Å²) in [4.78, 5) is 44.2. The monoisotopic (exact) mass is 377 g/mol. The predicted octanol–water partition coefficient (Wildman–Crippen LogP) is 0.856. The third-order valence-corrected chi connectivity index (χ3v) is 4.42. The summed E-state index contributed by atoms with van der Waals surface area (Å²) in [6.45, 7) is 2.55. The number of carbonyl (C=O) groups is 3. The minimum absolute atomic E-state index is 0.268. The molecule has 2 saturated heterocycles. The highest BCUT2D eigenvalue weighted by molar-refractivity contribution is 6.30. The van der Waals surface area contributed by atoms with E-state index in [-0.39, 0.29) is 13.2 Å². The van der Waals surface area contributed by atoms with Crippen molar-refractivity contribution in [2.45, 2.75) is 19.1 Å². The number of cyclic esters (lactones) is 1. The largest absolute Gasteiger partial charge is 0.492 e. The van der Waals surface area contributed by atoms with Crippen LogP contribution in [0.2, 0.25) is 0 Å². The first kappa shape index (κ1) is 19.0. The van der Waals surface area contributed by atoms with E-state index in [0.717, 1.165) is 31.0 Å². The highest BCUT2D eigenvalue weighted by atomic mass is 16.8. The van der Waals surface area contributed by atoms with E-state index in [0.29, 0.717) is 12.3 Å². The minimum Gasteiger partial charge on any atom is -0.492 e. The fraction of sp³-hybridized carbons (Fsp3) is 0.500. The van der Waals surface area contributed by atoms with E-state index >= 15 is 0 Å². The average Bonchev–Trinajstić information content (AvgIpc) is 3.18. The Morgan fingerprint density at radius 1 is 1.19 bits per heavy atom. The number of nitrogens with zero attached hydrogens (tertiary/aromatic N) is 3. The van der Waals surface area contributed by atoms with Crippen molar-refractivity contribution in [3.8, 4) is 5.75 Å². The van der Waals surface area contributed by atoms with Gasteiger partial charge in [0.15, 0.2) is 0 Å². The summed E-state index contributed by atoms with van der Waals surface area (Å²) in [7, 11) is 1.56. The number of amides is 2. The number of ether oxygens (including phenoxy) is 2. The van der Waals surface area contributed by atoms with Gasteiger partial charge in [-0.2, -0.15) is 0 Å². The molecule has 3 rings (SSSR count). The van der Waals surface area contributed by atoms with Crippen molar-refractivity contribution >= 4 is 18.0 Å². The van der Waals surface area contributed by atoms with Gasteiger partial charge in [-0.05, 0) is 38.1 Å². The Morgan fingerprint density at radius 3 is 2.59 bits per heavy atom. The molecule has 0 aliphatic carbocycles. The maximum Gasteiger partial charge on any atom is 0.442 e. The molecule has 1 aromatic carbocycles. The lowest BCUT2D eigenvalue weighted by molar-refractivity contribution is -0.249. The maximum atomic E-state index is 12.7. The number of para-hydroxylation sites is 1. The SMILES string of the molecule is CN(CCOc1ccccc1)C(=O)N1OC(=O)C(=O)OC1CN1CCCC1. The average molecular weight is 377 g/mol. The first-order chi connectivity index (χ1) is 13.0. The first-order valence-electron chi connectivity index (χ1n) is 8.92. The van der Waals surface area contributed by atoms with Crippen molar-refractivity contribution in [3.63, 3.8) is 0 Å². The number of esters is 1. The Kier molecular flexibility index (Phi) is 6.12. The Bertz CT molecular complexity index is 677. The number of hydrogen-bond acceptors (Lipinski definition) is 7. The molecule has 2 aliphatic heterocycles. The molecule has 2 amide bonds. The first-order valence-corrected chi connectivity index (χ1v) is 8.92. The van der Waals surface area contributed by atoms with Gasteiger partial charge in [-0.15, -0.1) is 5.06 Å². The van der Waals surface area contributed by atoms with Crippen LogP contribution in [-0.4, -0.2) is 78.9 Å². The van der Waals surface area contributed by atoms with Gasteiger partial charge in [0.1, 0.15) is 12.4 Å². The van der Waals surface area contributed by atoms with E-state index in [1.165, 1.54) is 4.90 Å². The van der Waals surface area contributed by atoms with Gasteiger partial charge < -0.3 is 19.2 Å². The van der Waals surface area contributed by atoms with Crippen LogP contribution in [-0.2, 0) is 19.2 Å². The molecule has 1 unspecified atom stereocenters. The molecule has 27 heavy (non-hydrogen) atoms. The zero-order valence-electron chi connectivity index (χ0n) is 15.2. The zero-order chi connectivity index (χ0) is 19.2. The molecule has 2 aliphatic rings. The summed E-state index contributed by atoms with van der Waals surface area (Å²) < 4.78 is 10.7. The second-order valence-corrected chi connectivity index (χ2v) is 6.44. The lowest BCUT2D eigenvalue weighted by Crippen LogP contribution is -2.57. The van der Waals surface area contributed by atoms with Gasteiger partial charge in [0.25, 0.3) is 0 Å². The summed E-state index contributed by atoms with van der Waals surface area (Å²) in [6.07, 6.45) is 1.13. The van der Waals surface area contributed by atoms with Crippen LogP contribution in [0.4, 0.5) is 4.79 Å². The molecule has 0 spiro atoms. The van der Waals surface area contributed by atoms with Crippen molar-refractivity contribution in [1.82, 2.24) is 14.9 Å². The van der Waals surface area contributed by atoms with Gasteiger partial charge in [-0.1, -0.05) is 18.2 Å². The van der Waals surface area contributed by atoms with Crippen LogP contribution in [0.3, 0.4) is 0 Å². The Balaban J connectivity index is 1.56. The normalized spacial score (nSPS) is 20.2. The van der Waals surface area contributed by atoms with E-state index in [4.69, 9.17) is 14.3 Å². The van der Waals surface area contributed by atoms with Crippen molar-refractivity contribution in [1.29, 1.82) is 0 Å². The third kappa shape index (κ3) is 4.88. The molecule has 2 heterocycles. The van der Waals surface area contributed by atoms with Gasteiger partial charge in [-0.3, -0.25) is 4.90 Å². The minimum atomic E-state index is -1.20. The molecule has 0 aromatic heterocycles. The molecule has 0 radical (unpaired) electrons. The van der Waals surface area contributed by atoms with Crippen molar-refractivity contribution < 1.29 is 28.7 Å². The van der Waals surface area contributed by atoms with E-state index < -0.39 is 24.2 Å². The second-order valence-electron chi connectivity index (χ2n) is 6.44. The predicted molar refractivity (Wildman–Crippen MR) is 93.4 cm³/mol. The van der Waals surface area contributed by atoms with Gasteiger partial charge in [0.05, 0.1) is 13.1 Å². The summed E-state index contributed by atoms with van der Waals surface area (Å²) in [5.74, 6) is -1.59. The molecule has 9 nitrogen and oxygen atoms in total. The number of hydrogen-bond donors (Lipinski definition) is 0. The summed E-state index contributed by atoms with van der Waals surface area (Å²) in [5.41, 5.74) is 0. The van der Waals surface area contributed by atoms with E-state index in [2.05, 4.69) is 4.90 Å². The van der Waals surface area contributed by atoms with E-state index in [1.54, 1.807) is 7.05 Å². The molecule has 0 bridgehead atoms. The van der Waals surface area contributed by atoms with Crippen LogP contribution in [0, 0.1) is 0 Å². The maximum absolute atomic E-state index is 12.7. The topological polar surface area (TPSA) is 88.6 Å². The Labute approximate surface area is 157 Å². The third-order valence-electron chi connectivity index (χ3n) is 4.42. The summed E-state index contributed by atoms with van der Waals surface area (Å²) in [6, 6.07) is 8.66. The van der Waals surface area contributed by atoms with Crippen molar-refractivity contribution in [2.75, 3.05) is 39.8 Å². The Morgan fingerprint density at radius 2 is 1.89 bits per heavy atom. The summed E-state index contributed by atoms with van der Waals surface area (Å²) >= 11 is 0. The van der Waals surface area contributed by atoms with Crippen LogP contribution < -0.4 is 4.74 Å². The number of hydroxylamine groups is 2. The van der Waals surface area contributed by atoms with Crippen LogP contribution in [0.5, 0.6) is 5.75 Å². The van der Waals surface area contributed by atoms with Crippen LogP contribution in [0.1, 0.15) is 12.8 Å². The van der Waals surface area contributed by atoms with Crippen LogP contribution in [0.15, 0.2) is 30.3 Å². The molecular formula is C18H23N3O6. The van der Waals surface area contributed by atoms with Gasteiger partial charge in [0, 0.05) is 7.05 Å². The smallest absolute Gasteiger partial charge is 0.442 e. The second kappa shape index (κ2) is 8.72. The van der Waals surface area contributed by atoms with Gasteiger partial charge in [0.2, 0.25) is 6.23 Å². The lowest BCUT2D eigenvalue weighted by atomic mass is 10.3. The molecule has 2 fully saturated rings. The molecule has 9 heteroatoms. The summed E-state index contributed by atoms with van der Waals surface area (Å²) in [5, 5.41) is 0.838. The molecule has 1 aromatic rings. The highest BCUT2D eigenvalue weighted by Crippen LogP contribution is 2.17. The quantitative estimate of drug-likeness (QED) is 0.536. The van der Waals surface area contributed by atoms with Crippen molar-refractivity contribution in [2.24, 2.45) is 0 Å². The fourth-order valence-electron chi connectivity index (χ4n) is 2.95. The van der Waals surface area contributed by atoms with Gasteiger partial charge in [-0.25, -0.2) is 14.4 Å². The standard InChI is InChI=1S/C18H23N3O6/c1-19(11-12-25-14-7-3-2-4-8-14)18(24)21-15(13-20-9-5-6-10-20)26-16(22)17(23)27-21/h2-4,7-8,15H,5-6,9-13H2,1H3. The van der Waals surface area contributed by atoms with E-state index in [1.807, 2.05) is 30.3 Å². The molecule has 1 atom stereocenters. The molecule has 146 valence electrons. The fourth-order valence-corrected chi connectivity index (χ4v) is 2.95. The Hall–Kier alpha value is -2.81. The van der Waals surface area contributed by atoms with E-state index in [9.17, 15) is 14.4 Å². The number of likely N-dealkylation sites (tertiary alicyclic amines) is 1. The highest BCUT2D eigenvalue weighted by Gasteiger charge is 2.42. The molecule has 0 N–H and O–H groups in total. The molecular weight excluding hydrogens is 354 g/mol. The zero-order valence-corrected chi connectivity index (χ0v) is 15.2. The molecule has 0 saturated carbocycles. The van der Waals surface area contributed by atoms with Crippen LogP contribution >= 0.6 is 0 Å². The number of likely N-dealkylation sites (N-methyl/N-ethyl adjacent to an activating group) is 1. The number of carbonyl (C=O) groups excluding carboxylic acids is 3. The lowest BCUT2D eigenvalue weighted by Gasteiger charge is -2.36. The van der Waals surface area contributed by atoms with Gasteiger partial charge >= 0.3 is 18.0 Å². The number of rotatable bonds is 6. The van der Waals surface area contributed by atoms with Crippen molar-refractivity contribution in [3.05, 3.63) is 30.3 Å². The number of benzene rings is 1.